The van der Waals surface area contributed by atoms with Gasteiger partial charge in [-0.3, -0.25) is 4.79 Å². The van der Waals surface area contributed by atoms with Crippen LogP contribution in [0.1, 0.15) is 34.2 Å². The summed E-state index contributed by atoms with van der Waals surface area (Å²) in [4.78, 5) is 12.5. The van der Waals surface area contributed by atoms with Crippen LogP contribution in [0, 0.1) is 13.8 Å². The van der Waals surface area contributed by atoms with Crippen molar-refractivity contribution in [3.8, 4) is 17.2 Å². The third-order valence-electron chi connectivity index (χ3n) is 4.65. The maximum atomic E-state index is 12.5. The highest BCUT2D eigenvalue weighted by atomic mass is 79.9. The maximum Gasteiger partial charge on any atom is 0.275 e. The molecule has 0 unspecified atom stereocenters. The lowest BCUT2D eigenvalue weighted by Gasteiger charge is -2.11. The third-order valence-corrected chi connectivity index (χ3v) is 5.15. The number of nitrogens with zero attached hydrogens (tertiary/aromatic N) is 2. The molecular formula is C23H24BrN3O3. The molecule has 1 aromatic heterocycles. The second-order valence-electron chi connectivity index (χ2n) is 6.63. The number of amides is 1. The van der Waals surface area contributed by atoms with Gasteiger partial charge in [0.2, 0.25) is 0 Å². The van der Waals surface area contributed by atoms with Gasteiger partial charge in [0.1, 0.15) is 11.5 Å². The van der Waals surface area contributed by atoms with Gasteiger partial charge in [0.15, 0.2) is 0 Å². The van der Waals surface area contributed by atoms with Crippen molar-refractivity contribution >= 4 is 28.1 Å². The van der Waals surface area contributed by atoms with Crippen LogP contribution in [0.15, 0.2) is 58.1 Å². The number of hydrazone groups is 1. The Morgan fingerprint density at radius 1 is 1.17 bits per heavy atom. The lowest BCUT2D eigenvalue weighted by molar-refractivity contribution is 0.0952. The van der Waals surface area contributed by atoms with E-state index in [0.29, 0.717) is 17.9 Å². The van der Waals surface area contributed by atoms with Crippen LogP contribution in [-0.2, 0) is 0 Å². The summed E-state index contributed by atoms with van der Waals surface area (Å²) in [5, 5.41) is 4.14. The molecule has 0 atom stereocenters. The minimum atomic E-state index is -0.343. The van der Waals surface area contributed by atoms with Crippen LogP contribution < -0.4 is 14.9 Å². The summed E-state index contributed by atoms with van der Waals surface area (Å²) in [7, 11) is 1.53. The van der Waals surface area contributed by atoms with Crippen molar-refractivity contribution in [3.63, 3.8) is 0 Å². The van der Waals surface area contributed by atoms with E-state index in [0.717, 1.165) is 32.9 Å². The fourth-order valence-electron chi connectivity index (χ4n) is 3.25. The van der Waals surface area contributed by atoms with Crippen LogP contribution in [0.5, 0.6) is 11.5 Å². The Kier molecular flexibility index (Phi) is 6.95. The summed E-state index contributed by atoms with van der Waals surface area (Å²) in [6, 6.07) is 15.2. The predicted molar refractivity (Wildman–Crippen MR) is 122 cm³/mol. The van der Waals surface area contributed by atoms with Gasteiger partial charge in [-0.2, -0.15) is 5.10 Å². The number of halogens is 1. The molecule has 1 N–H and O–H groups in total. The monoisotopic (exact) mass is 469 g/mol. The van der Waals surface area contributed by atoms with Crippen LogP contribution in [0.2, 0.25) is 0 Å². The standard InChI is InChI=1S/C23H24BrN3O3/c1-5-30-20-9-7-19(8-10-20)27-15(2)12-17(16(27)3)14-25-26-23(28)21-13-18(24)6-11-22(21)29-4/h6-14H,5H2,1-4H3,(H,26,28)/b25-14-. The van der Waals surface area contributed by atoms with E-state index in [1.165, 1.54) is 7.11 Å². The Balaban J connectivity index is 1.78. The fourth-order valence-corrected chi connectivity index (χ4v) is 3.61. The summed E-state index contributed by atoms with van der Waals surface area (Å²) in [6.07, 6.45) is 1.65. The molecule has 3 aromatic rings. The molecule has 0 spiro atoms. The zero-order valence-corrected chi connectivity index (χ0v) is 19.0. The summed E-state index contributed by atoms with van der Waals surface area (Å²) in [5.41, 5.74) is 7.02. The van der Waals surface area contributed by atoms with E-state index in [9.17, 15) is 4.79 Å². The fraction of sp³-hybridized carbons (Fsp3) is 0.217. The van der Waals surface area contributed by atoms with E-state index in [2.05, 4.69) is 31.0 Å². The molecule has 0 fully saturated rings. The minimum absolute atomic E-state index is 0.343. The molecule has 1 heterocycles. The maximum absolute atomic E-state index is 12.5. The number of rotatable bonds is 7. The number of hydrogen-bond donors (Lipinski definition) is 1. The zero-order chi connectivity index (χ0) is 21.7. The second kappa shape index (κ2) is 9.63. The van der Waals surface area contributed by atoms with Crippen LogP contribution in [0.3, 0.4) is 0 Å². The number of carbonyl (C=O) groups is 1. The number of methoxy groups -OCH3 is 1. The molecule has 156 valence electrons. The molecule has 30 heavy (non-hydrogen) atoms. The molecule has 0 aliphatic carbocycles. The van der Waals surface area contributed by atoms with Crippen LogP contribution >= 0.6 is 15.9 Å². The summed E-state index contributed by atoms with van der Waals surface area (Å²) >= 11 is 3.37. The smallest absolute Gasteiger partial charge is 0.275 e. The predicted octanol–water partition coefficient (Wildman–Crippen LogP) is 5.03. The molecular weight excluding hydrogens is 446 g/mol. The average Bonchev–Trinajstić information content (AvgIpc) is 3.02. The highest BCUT2D eigenvalue weighted by Crippen LogP contribution is 2.24. The number of nitrogens with one attached hydrogen (secondary N) is 1. The Morgan fingerprint density at radius 3 is 2.57 bits per heavy atom. The van der Waals surface area contributed by atoms with Gasteiger partial charge >= 0.3 is 0 Å². The molecule has 0 aliphatic rings. The number of aromatic nitrogens is 1. The zero-order valence-electron chi connectivity index (χ0n) is 17.4. The number of ether oxygens (including phenoxy) is 2. The molecule has 7 heteroatoms. The minimum Gasteiger partial charge on any atom is -0.496 e. The lowest BCUT2D eigenvalue weighted by Crippen LogP contribution is -2.18. The van der Waals surface area contributed by atoms with Crippen LogP contribution in [0.25, 0.3) is 5.69 Å². The lowest BCUT2D eigenvalue weighted by atomic mass is 10.2. The first-order valence-electron chi connectivity index (χ1n) is 9.53. The van der Waals surface area contributed by atoms with Crippen molar-refractivity contribution in [2.45, 2.75) is 20.8 Å². The molecule has 0 bridgehead atoms. The molecule has 2 aromatic carbocycles. The first-order valence-corrected chi connectivity index (χ1v) is 10.3. The van der Waals surface area contributed by atoms with Crippen molar-refractivity contribution < 1.29 is 14.3 Å². The number of benzene rings is 2. The van der Waals surface area contributed by atoms with Crippen molar-refractivity contribution in [3.05, 3.63) is 75.5 Å². The highest BCUT2D eigenvalue weighted by molar-refractivity contribution is 9.10. The van der Waals surface area contributed by atoms with Gasteiger partial charge in [0.25, 0.3) is 5.91 Å². The molecule has 0 radical (unpaired) electrons. The topological polar surface area (TPSA) is 64.8 Å². The summed E-state index contributed by atoms with van der Waals surface area (Å²) < 4.78 is 13.7. The Morgan fingerprint density at radius 2 is 1.90 bits per heavy atom. The van der Waals surface area contributed by atoms with Crippen molar-refractivity contribution in [2.75, 3.05) is 13.7 Å². The van der Waals surface area contributed by atoms with Crippen LogP contribution in [-0.4, -0.2) is 30.4 Å². The van der Waals surface area contributed by atoms with Gasteiger partial charge in [0, 0.05) is 27.1 Å². The first-order chi connectivity index (χ1) is 14.4. The van der Waals surface area contributed by atoms with Gasteiger partial charge in [-0.1, -0.05) is 15.9 Å². The molecule has 1 amide bonds. The van der Waals surface area contributed by atoms with E-state index in [-0.39, 0.29) is 5.91 Å². The van der Waals surface area contributed by atoms with Gasteiger partial charge in [-0.25, -0.2) is 5.43 Å². The van der Waals surface area contributed by atoms with Crippen molar-refractivity contribution in [2.24, 2.45) is 5.10 Å². The van der Waals surface area contributed by atoms with Gasteiger partial charge in [-0.05, 0) is 69.3 Å². The van der Waals surface area contributed by atoms with Crippen molar-refractivity contribution in [1.82, 2.24) is 9.99 Å². The highest BCUT2D eigenvalue weighted by Gasteiger charge is 2.13. The van der Waals surface area contributed by atoms with Crippen LogP contribution in [0.4, 0.5) is 0 Å². The van der Waals surface area contributed by atoms with E-state index < -0.39 is 0 Å². The summed E-state index contributed by atoms with van der Waals surface area (Å²) in [5.74, 6) is 0.987. The second-order valence-corrected chi connectivity index (χ2v) is 7.55. The largest absolute Gasteiger partial charge is 0.496 e. The normalized spacial score (nSPS) is 11.0. The van der Waals surface area contributed by atoms with E-state index in [1.807, 2.05) is 57.2 Å². The van der Waals surface area contributed by atoms with Gasteiger partial charge < -0.3 is 14.0 Å². The first kappa shape index (κ1) is 21.6. The molecule has 0 aliphatic heterocycles. The van der Waals surface area contributed by atoms with E-state index >= 15 is 0 Å². The molecule has 0 saturated carbocycles. The Bertz CT molecular complexity index is 1070. The van der Waals surface area contributed by atoms with Gasteiger partial charge in [0.05, 0.1) is 25.5 Å². The number of aryl methyl sites for hydroxylation is 1. The number of carbonyl (C=O) groups excluding carboxylic acids is 1. The Labute approximate surface area is 184 Å². The quantitative estimate of drug-likeness (QED) is 0.389. The molecule has 6 nitrogen and oxygen atoms in total. The third kappa shape index (κ3) is 4.74. The van der Waals surface area contributed by atoms with E-state index in [4.69, 9.17) is 9.47 Å². The van der Waals surface area contributed by atoms with Gasteiger partial charge in [-0.15, -0.1) is 0 Å². The summed E-state index contributed by atoms with van der Waals surface area (Å²) in [6.45, 7) is 6.65. The SMILES string of the molecule is CCOc1ccc(-n2c(C)cc(/C=N\NC(=O)c3cc(Br)ccc3OC)c2C)cc1. The van der Waals surface area contributed by atoms with E-state index in [1.54, 1.807) is 18.3 Å². The van der Waals surface area contributed by atoms with Crippen molar-refractivity contribution in [1.29, 1.82) is 0 Å². The molecule has 0 saturated heterocycles. The average molecular weight is 470 g/mol. The Hall–Kier alpha value is -3.06. The molecule has 3 rings (SSSR count). The number of hydrogen-bond acceptors (Lipinski definition) is 4.